The molecule has 1 amide bonds. The number of hydrogen-bond acceptors (Lipinski definition) is 2. The van der Waals surface area contributed by atoms with Gasteiger partial charge in [0, 0.05) is 25.2 Å². The van der Waals surface area contributed by atoms with Gasteiger partial charge in [-0.3, -0.25) is 4.79 Å². The first-order valence-corrected chi connectivity index (χ1v) is 6.23. The van der Waals surface area contributed by atoms with E-state index in [0.717, 1.165) is 37.1 Å². The van der Waals surface area contributed by atoms with E-state index in [1.54, 1.807) is 0 Å². The molecule has 1 fully saturated rings. The fraction of sp³-hybridized carbons (Fsp3) is 0.500. The first-order valence-electron chi connectivity index (χ1n) is 6.23. The zero-order valence-electron chi connectivity index (χ0n) is 11.0. The quantitative estimate of drug-likeness (QED) is 0.892. The van der Waals surface area contributed by atoms with Crippen LogP contribution in [-0.4, -0.2) is 37.0 Å². The van der Waals surface area contributed by atoms with E-state index in [2.05, 4.69) is 5.32 Å². The summed E-state index contributed by atoms with van der Waals surface area (Å²) in [7, 11) is 1.91. The summed E-state index contributed by atoms with van der Waals surface area (Å²) < 4.78 is 0. The maximum atomic E-state index is 12.3. The Morgan fingerprint density at radius 1 is 1.44 bits per heavy atom. The number of hydrogen-bond donors (Lipinski definition) is 1. The number of likely N-dealkylation sites (N-methyl/N-ethyl adjacent to an activating group) is 1. The molecule has 1 N–H and O–H groups in total. The highest BCUT2D eigenvalue weighted by molar-refractivity contribution is 5.94. The lowest BCUT2D eigenvalue weighted by Gasteiger charge is -2.31. The fourth-order valence-electron chi connectivity index (χ4n) is 2.31. The summed E-state index contributed by atoms with van der Waals surface area (Å²) >= 11 is 0. The Bertz CT molecular complexity index is 403. The monoisotopic (exact) mass is 268 g/mol. The second kappa shape index (κ2) is 6.76. The van der Waals surface area contributed by atoms with Gasteiger partial charge in [-0.15, -0.1) is 12.4 Å². The summed E-state index contributed by atoms with van der Waals surface area (Å²) in [6.45, 7) is 4.00. The van der Waals surface area contributed by atoms with Crippen LogP contribution in [0.25, 0.3) is 0 Å². The van der Waals surface area contributed by atoms with Crippen LogP contribution in [0.4, 0.5) is 0 Å². The average Bonchev–Trinajstić information content (AvgIpc) is 2.38. The molecule has 1 aromatic carbocycles. The lowest BCUT2D eigenvalue weighted by Crippen LogP contribution is -2.46. The van der Waals surface area contributed by atoms with Crippen LogP contribution in [0.5, 0.6) is 0 Å². The summed E-state index contributed by atoms with van der Waals surface area (Å²) in [6.07, 6.45) is 2.25. The van der Waals surface area contributed by atoms with Crippen molar-refractivity contribution < 1.29 is 4.79 Å². The summed E-state index contributed by atoms with van der Waals surface area (Å²) in [4.78, 5) is 14.2. The van der Waals surface area contributed by atoms with Gasteiger partial charge in [-0.25, -0.2) is 0 Å². The molecule has 0 aromatic heterocycles. The van der Waals surface area contributed by atoms with E-state index >= 15 is 0 Å². The van der Waals surface area contributed by atoms with Crippen molar-refractivity contribution in [3.05, 3.63) is 35.4 Å². The molecule has 0 saturated carbocycles. The van der Waals surface area contributed by atoms with Gasteiger partial charge < -0.3 is 10.2 Å². The van der Waals surface area contributed by atoms with Crippen LogP contribution in [0.1, 0.15) is 28.8 Å². The molecule has 18 heavy (non-hydrogen) atoms. The van der Waals surface area contributed by atoms with E-state index in [-0.39, 0.29) is 18.3 Å². The van der Waals surface area contributed by atoms with Crippen LogP contribution in [0, 0.1) is 6.92 Å². The number of halogens is 1. The normalized spacial score (nSPS) is 18.9. The van der Waals surface area contributed by atoms with Gasteiger partial charge in [-0.2, -0.15) is 0 Å². The number of nitrogens with zero attached hydrogens (tertiary/aromatic N) is 1. The molecule has 1 heterocycles. The minimum Gasteiger partial charge on any atom is -0.337 e. The van der Waals surface area contributed by atoms with Gasteiger partial charge in [0.05, 0.1) is 0 Å². The van der Waals surface area contributed by atoms with E-state index in [1.807, 2.05) is 43.1 Å². The first kappa shape index (κ1) is 15.0. The van der Waals surface area contributed by atoms with Crippen molar-refractivity contribution in [2.24, 2.45) is 0 Å². The van der Waals surface area contributed by atoms with Gasteiger partial charge in [0.1, 0.15) is 0 Å². The molecule has 100 valence electrons. The molecule has 1 atom stereocenters. The molecule has 0 aliphatic carbocycles. The molecular weight excluding hydrogens is 248 g/mol. The van der Waals surface area contributed by atoms with Crippen molar-refractivity contribution in [3.63, 3.8) is 0 Å². The van der Waals surface area contributed by atoms with Crippen molar-refractivity contribution >= 4 is 18.3 Å². The van der Waals surface area contributed by atoms with Gasteiger partial charge in [-0.05, 0) is 38.4 Å². The predicted octanol–water partition coefficient (Wildman–Crippen LogP) is 2.24. The number of carbonyl (C=O) groups excluding carboxylic acids is 1. The van der Waals surface area contributed by atoms with Crippen LogP contribution >= 0.6 is 12.4 Å². The van der Waals surface area contributed by atoms with E-state index < -0.39 is 0 Å². The summed E-state index contributed by atoms with van der Waals surface area (Å²) in [5, 5.41) is 3.34. The summed E-state index contributed by atoms with van der Waals surface area (Å²) in [5.74, 6) is 0.127. The Labute approximate surface area is 115 Å². The molecule has 4 heteroatoms. The molecule has 0 bridgehead atoms. The Morgan fingerprint density at radius 2 is 2.22 bits per heavy atom. The molecule has 1 aliphatic heterocycles. The third-order valence-electron chi connectivity index (χ3n) is 3.40. The van der Waals surface area contributed by atoms with Gasteiger partial charge in [0.15, 0.2) is 0 Å². The number of amides is 1. The van der Waals surface area contributed by atoms with E-state index in [0.29, 0.717) is 6.04 Å². The van der Waals surface area contributed by atoms with Gasteiger partial charge in [0.2, 0.25) is 0 Å². The lowest BCUT2D eigenvalue weighted by atomic mass is 10.0. The summed E-state index contributed by atoms with van der Waals surface area (Å²) in [5.41, 5.74) is 1.92. The third kappa shape index (κ3) is 3.47. The van der Waals surface area contributed by atoms with Crippen molar-refractivity contribution in [2.45, 2.75) is 25.8 Å². The standard InChI is InChI=1S/C14H20N2O.ClH/c1-11-5-3-6-12(9-11)14(17)16(2)13-7-4-8-15-10-13;/h3,5-6,9,13,15H,4,7-8,10H2,1-2H3;1H. The largest absolute Gasteiger partial charge is 0.337 e. The molecule has 1 aliphatic rings. The zero-order valence-corrected chi connectivity index (χ0v) is 11.8. The van der Waals surface area contributed by atoms with Crippen LogP contribution in [-0.2, 0) is 0 Å². The second-order valence-corrected chi connectivity index (χ2v) is 4.79. The lowest BCUT2D eigenvalue weighted by molar-refractivity contribution is 0.0708. The number of rotatable bonds is 2. The highest BCUT2D eigenvalue weighted by atomic mass is 35.5. The van der Waals surface area contributed by atoms with Gasteiger partial charge >= 0.3 is 0 Å². The number of benzene rings is 1. The second-order valence-electron chi connectivity index (χ2n) is 4.79. The van der Waals surface area contributed by atoms with Crippen molar-refractivity contribution in [3.8, 4) is 0 Å². The minimum absolute atomic E-state index is 0. The Balaban J connectivity index is 0.00000162. The van der Waals surface area contributed by atoms with Crippen molar-refractivity contribution in [1.29, 1.82) is 0 Å². The zero-order chi connectivity index (χ0) is 12.3. The summed E-state index contributed by atoms with van der Waals surface area (Å²) in [6, 6.07) is 8.13. The highest BCUT2D eigenvalue weighted by Gasteiger charge is 2.22. The molecule has 1 unspecified atom stereocenters. The number of nitrogens with one attached hydrogen (secondary N) is 1. The number of aryl methyl sites for hydroxylation is 1. The molecule has 1 aromatic rings. The molecule has 3 nitrogen and oxygen atoms in total. The molecule has 1 saturated heterocycles. The molecular formula is C14H21ClN2O. The molecule has 2 rings (SSSR count). The van der Waals surface area contributed by atoms with Crippen molar-refractivity contribution in [2.75, 3.05) is 20.1 Å². The first-order chi connectivity index (χ1) is 8.18. The Kier molecular flexibility index (Phi) is 5.63. The smallest absolute Gasteiger partial charge is 0.253 e. The van der Waals surface area contributed by atoms with Crippen molar-refractivity contribution in [1.82, 2.24) is 10.2 Å². The van der Waals surface area contributed by atoms with E-state index in [9.17, 15) is 4.79 Å². The minimum atomic E-state index is 0. The number of piperidine rings is 1. The van der Waals surface area contributed by atoms with Crippen LogP contribution < -0.4 is 5.32 Å². The number of carbonyl (C=O) groups is 1. The molecule has 0 spiro atoms. The average molecular weight is 269 g/mol. The fourth-order valence-corrected chi connectivity index (χ4v) is 2.31. The maximum absolute atomic E-state index is 12.3. The highest BCUT2D eigenvalue weighted by Crippen LogP contribution is 2.13. The van der Waals surface area contributed by atoms with Gasteiger partial charge in [-0.1, -0.05) is 17.7 Å². The van der Waals surface area contributed by atoms with Gasteiger partial charge in [0.25, 0.3) is 5.91 Å². The topological polar surface area (TPSA) is 32.3 Å². The van der Waals surface area contributed by atoms with Crippen LogP contribution in [0.2, 0.25) is 0 Å². The van der Waals surface area contributed by atoms with E-state index in [1.165, 1.54) is 0 Å². The Hall–Kier alpha value is -1.06. The predicted molar refractivity (Wildman–Crippen MR) is 76.4 cm³/mol. The maximum Gasteiger partial charge on any atom is 0.253 e. The SMILES string of the molecule is Cc1cccc(C(=O)N(C)C2CCCNC2)c1.Cl. The Morgan fingerprint density at radius 3 is 2.83 bits per heavy atom. The van der Waals surface area contributed by atoms with E-state index in [4.69, 9.17) is 0 Å². The third-order valence-corrected chi connectivity index (χ3v) is 3.40. The van der Waals surface area contributed by atoms with Crippen LogP contribution in [0.15, 0.2) is 24.3 Å². The van der Waals surface area contributed by atoms with Crippen LogP contribution in [0.3, 0.4) is 0 Å². The molecule has 0 radical (unpaired) electrons.